The first kappa shape index (κ1) is 20.9. The number of benzene rings is 1. The average Bonchev–Trinajstić information content (AvgIpc) is 2.54. The van der Waals surface area contributed by atoms with Crippen LogP contribution in [0.15, 0.2) is 24.3 Å². The van der Waals surface area contributed by atoms with Crippen LogP contribution in [0.4, 0.5) is 4.39 Å². The number of amides is 1. The van der Waals surface area contributed by atoms with Gasteiger partial charge < -0.3 is 15.7 Å². The first-order valence-corrected chi connectivity index (χ1v) is 8.48. The summed E-state index contributed by atoms with van der Waals surface area (Å²) in [5.41, 5.74) is 0.669. The molecule has 6 heteroatoms. The molecule has 0 aromatic heterocycles. The highest BCUT2D eigenvalue weighted by molar-refractivity contribution is 5.85. The van der Waals surface area contributed by atoms with Gasteiger partial charge in [-0.25, -0.2) is 4.39 Å². The molecule has 0 radical (unpaired) electrons. The van der Waals surface area contributed by atoms with Crippen LogP contribution >= 0.6 is 12.4 Å². The molecular formula is C18H28ClFN2O2. The summed E-state index contributed by atoms with van der Waals surface area (Å²) in [5, 5.41) is 16.4. The minimum atomic E-state index is -0.699. The number of nitrogens with one attached hydrogen (secondary N) is 2. The van der Waals surface area contributed by atoms with Crippen LogP contribution in [0.3, 0.4) is 0 Å². The molecule has 2 rings (SSSR count). The van der Waals surface area contributed by atoms with Crippen LogP contribution in [0.25, 0.3) is 0 Å². The molecule has 136 valence electrons. The summed E-state index contributed by atoms with van der Waals surface area (Å²) < 4.78 is 12.9. The van der Waals surface area contributed by atoms with Crippen LogP contribution in [0.1, 0.15) is 50.7 Å². The molecule has 2 unspecified atom stereocenters. The second-order valence-corrected chi connectivity index (χ2v) is 6.50. The van der Waals surface area contributed by atoms with E-state index >= 15 is 0 Å². The second-order valence-electron chi connectivity index (χ2n) is 6.50. The summed E-state index contributed by atoms with van der Waals surface area (Å²) in [6, 6.07) is 5.70. The lowest BCUT2D eigenvalue weighted by Crippen LogP contribution is -2.34. The van der Waals surface area contributed by atoms with Crippen molar-refractivity contribution in [1.82, 2.24) is 10.6 Å². The van der Waals surface area contributed by atoms with Gasteiger partial charge in [0, 0.05) is 12.5 Å². The Morgan fingerprint density at radius 2 is 1.96 bits per heavy atom. The molecule has 1 amide bonds. The van der Waals surface area contributed by atoms with Gasteiger partial charge in [-0.2, -0.15) is 0 Å². The molecule has 2 atom stereocenters. The number of aliphatic hydroxyl groups is 1. The highest BCUT2D eigenvalue weighted by Gasteiger charge is 2.17. The van der Waals surface area contributed by atoms with Crippen LogP contribution in [0.5, 0.6) is 0 Å². The number of hydrogen-bond acceptors (Lipinski definition) is 3. The van der Waals surface area contributed by atoms with Gasteiger partial charge in [-0.05, 0) is 69.3 Å². The predicted octanol–water partition coefficient (Wildman–Crippen LogP) is 2.96. The first-order chi connectivity index (χ1) is 11.0. The van der Waals surface area contributed by atoms with Crippen molar-refractivity contribution in [2.75, 3.05) is 13.1 Å². The van der Waals surface area contributed by atoms with E-state index in [-0.39, 0.29) is 30.2 Å². The topological polar surface area (TPSA) is 61.4 Å². The van der Waals surface area contributed by atoms with Gasteiger partial charge >= 0.3 is 0 Å². The summed E-state index contributed by atoms with van der Waals surface area (Å²) in [6.07, 6.45) is 3.49. The number of aliphatic hydroxyl groups excluding tert-OH is 1. The van der Waals surface area contributed by atoms with E-state index in [9.17, 15) is 14.3 Å². The summed E-state index contributed by atoms with van der Waals surface area (Å²) in [4.78, 5) is 12.0. The molecule has 1 heterocycles. The zero-order chi connectivity index (χ0) is 16.7. The van der Waals surface area contributed by atoms with E-state index in [4.69, 9.17) is 0 Å². The molecule has 0 aliphatic carbocycles. The van der Waals surface area contributed by atoms with Gasteiger partial charge in [-0.15, -0.1) is 12.4 Å². The molecule has 0 spiro atoms. The van der Waals surface area contributed by atoms with Crippen LogP contribution in [-0.4, -0.2) is 30.1 Å². The fourth-order valence-electron chi connectivity index (χ4n) is 3.07. The number of rotatable bonds is 7. The maximum atomic E-state index is 12.9. The lowest BCUT2D eigenvalue weighted by Gasteiger charge is -2.23. The largest absolute Gasteiger partial charge is 0.388 e. The smallest absolute Gasteiger partial charge is 0.220 e. The Labute approximate surface area is 149 Å². The fourth-order valence-corrected chi connectivity index (χ4v) is 3.07. The van der Waals surface area contributed by atoms with Gasteiger partial charge in [-0.1, -0.05) is 12.1 Å². The van der Waals surface area contributed by atoms with Gasteiger partial charge in [0.1, 0.15) is 5.82 Å². The van der Waals surface area contributed by atoms with Crippen molar-refractivity contribution in [3.63, 3.8) is 0 Å². The number of hydrogen-bond donors (Lipinski definition) is 3. The van der Waals surface area contributed by atoms with Gasteiger partial charge in [0.05, 0.1) is 6.10 Å². The van der Waals surface area contributed by atoms with E-state index in [0.717, 1.165) is 32.4 Å². The predicted molar refractivity (Wildman–Crippen MR) is 95.7 cm³/mol. The molecule has 0 saturated carbocycles. The average molecular weight is 359 g/mol. The Hall–Kier alpha value is -1.17. The number of carbonyl (C=O) groups excluding carboxylic acids is 1. The van der Waals surface area contributed by atoms with Crippen LogP contribution in [0, 0.1) is 11.7 Å². The number of halogens is 2. The summed E-state index contributed by atoms with van der Waals surface area (Å²) in [7, 11) is 0. The maximum Gasteiger partial charge on any atom is 0.220 e. The van der Waals surface area contributed by atoms with Crippen molar-refractivity contribution in [1.29, 1.82) is 0 Å². The summed E-state index contributed by atoms with van der Waals surface area (Å²) >= 11 is 0. The van der Waals surface area contributed by atoms with E-state index in [1.807, 2.05) is 6.92 Å². The molecule has 1 aliphatic rings. The highest BCUT2D eigenvalue weighted by Crippen LogP contribution is 2.20. The molecule has 1 fully saturated rings. The Bertz CT molecular complexity index is 492. The lowest BCUT2D eigenvalue weighted by molar-refractivity contribution is -0.122. The van der Waals surface area contributed by atoms with E-state index in [1.54, 1.807) is 12.1 Å². The third-order valence-electron chi connectivity index (χ3n) is 4.48. The standard InChI is InChI=1S/C18H27FN2O2.ClH/c1-13(12-17(22)15-3-5-16(19)6-4-15)21-18(23)7-2-14-8-10-20-11-9-14;/h3-6,13-14,17,20,22H,2,7-12H2,1H3,(H,21,23);1H. The first-order valence-electron chi connectivity index (χ1n) is 8.48. The minimum Gasteiger partial charge on any atom is -0.388 e. The Morgan fingerprint density at radius 3 is 2.58 bits per heavy atom. The normalized spacial score (nSPS) is 17.6. The maximum absolute atomic E-state index is 12.9. The minimum absolute atomic E-state index is 0. The Morgan fingerprint density at radius 1 is 1.33 bits per heavy atom. The third-order valence-corrected chi connectivity index (χ3v) is 4.48. The zero-order valence-corrected chi connectivity index (χ0v) is 14.9. The van der Waals surface area contributed by atoms with E-state index in [0.29, 0.717) is 24.3 Å². The van der Waals surface area contributed by atoms with Gasteiger partial charge in [0.2, 0.25) is 5.91 Å². The second kappa shape index (κ2) is 10.6. The van der Waals surface area contributed by atoms with Crippen LogP contribution in [-0.2, 0) is 4.79 Å². The molecule has 1 aliphatic heterocycles. The SMILES string of the molecule is CC(CC(O)c1ccc(F)cc1)NC(=O)CCC1CCNCC1.Cl. The third kappa shape index (κ3) is 7.16. The quantitative estimate of drug-likeness (QED) is 0.702. The number of carbonyl (C=O) groups is 1. The molecule has 24 heavy (non-hydrogen) atoms. The highest BCUT2D eigenvalue weighted by atomic mass is 35.5. The van der Waals surface area contributed by atoms with Gasteiger partial charge in [0.15, 0.2) is 0 Å². The van der Waals surface area contributed by atoms with Crippen molar-refractivity contribution in [3.05, 3.63) is 35.6 Å². The lowest BCUT2D eigenvalue weighted by atomic mass is 9.93. The molecule has 0 bridgehead atoms. The molecule has 1 saturated heterocycles. The van der Waals surface area contributed by atoms with Crippen LogP contribution < -0.4 is 10.6 Å². The van der Waals surface area contributed by atoms with Gasteiger partial charge in [0.25, 0.3) is 0 Å². The van der Waals surface area contributed by atoms with Crippen molar-refractivity contribution in [2.45, 2.75) is 51.2 Å². The van der Waals surface area contributed by atoms with Crippen LogP contribution in [0.2, 0.25) is 0 Å². The van der Waals surface area contributed by atoms with E-state index in [1.165, 1.54) is 12.1 Å². The fraction of sp³-hybridized carbons (Fsp3) is 0.611. The molecule has 1 aromatic carbocycles. The molecular weight excluding hydrogens is 331 g/mol. The van der Waals surface area contributed by atoms with Crippen molar-refractivity contribution < 1.29 is 14.3 Å². The Kier molecular flexibility index (Phi) is 9.26. The van der Waals surface area contributed by atoms with Crippen molar-refractivity contribution in [3.8, 4) is 0 Å². The molecule has 4 nitrogen and oxygen atoms in total. The van der Waals surface area contributed by atoms with Gasteiger partial charge in [-0.3, -0.25) is 4.79 Å². The van der Waals surface area contributed by atoms with E-state index in [2.05, 4.69) is 10.6 Å². The zero-order valence-electron chi connectivity index (χ0n) is 14.1. The monoisotopic (exact) mass is 358 g/mol. The van der Waals surface area contributed by atoms with Crippen molar-refractivity contribution >= 4 is 18.3 Å². The Balaban J connectivity index is 0.00000288. The summed E-state index contributed by atoms with van der Waals surface area (Å²) in [5.74, 6) is 0.365. The number of piperidine rings is 1. The van der Waals surface area contributed by atoms with E-state index < -0.39 is 6.10 Å². The molecule has 1 aromatic rings. The van der Waals surface area contributed by atoms with Crippen molar-refractivity contribution in [2.24, 2.45) is 5.92 Å². The molecule has 3 N–H and O–H groups in total. The summed E-state index contributed by atoms with van der Waals surface area (Å²) in [6.45, 7) is 3.98.